The monoisotopic (exact) mass is 601 g/mol. The molecule has 2 aliphatic carbocycles. The van der Waals surface area contributed by atoms with Crippen LogP contribution >= 0.6 is 7.26 Å². The lowest BCUT2D eigenvalue weighted by Gasteiger charge is -2.34. The summed E-state index contributed by atoms with van der Waals surface area (Å²) in [5, 5.41) is 3.85. The maximum atomic E-state index is 14.1. The number of rotatable bonds is 8. The Hall–Kier alpha value is -3.81. The summed E-state index contributed by atoms with van der Waals surface area (Å²) in [6, 6.07) is 34.1. The third-order valence-corrected chi connectivity index (χ3v) is 14.4. The Kier molecular flexibility index (Phi) is 8.70. The number of Topliss-reactive ketones (excluding diaryl/α,β-unsaturated/α-hetero) is 2. The Morgan fingerprint density at radius 1 is 0.636 bits per heavy atom. The first-order chi connectivity index (χ1) is 21.3. The average Bonchev–Trinajstić information content (AvgIpc) is 3.05. The van der Waals surface area contributed by atoms with Gasteiger partial charge < -0.3 is 4.74 Å². The first-order valence-electron chi connectivity index (χ1n) is 16.0. The molecule has 0 spiro atoms. The minimum absolute atomic E-state index is 0.0239. The maximum Gasteiger partial charge on any atom is 0.228 e. The van der Waals surface area contributed by atoms with Gasteiger partial charge in [-0.05, 0) is 82.9 Å². The molecule has 4 aromatic carbocycles. The molecule has 0 radical (unpaired) electrons. The van der Waals surface area contributed by atoms with Crippen LogP contribution in [-0.4, -0.2) is 23.8 Å². The van der Waals surface area contributed by atoms with Gasteiger partial charge >= 0.3 is 0 Å². The molecule has 0 saturated heterocycles. The molecule has 1 unspecified atom stereocenters. The van der Waals surface area contributed by atoms with Crippen LogP contribution in [0.3, 0.4) is 0 Å². The molecule has 224 valence electrons. The smallest absolute Gasteiger partial charge is 0.228 e. The number of hydrogen-bond donors (Lipinski definition) is 0. The van der Waals surface area contributed by atoms with Crippen molar-refractivity contribution in [1.82, 2.24) is 0 Å². The molecule has 0 heterocycles. The minimum Gasteiger partial charge on any atom is -0.485 e. The molecule has 0 amide bonds. The molecule has 0 bridgehead atoms. The molecule has 0 aromatic heterocycles. The molecular formula is C40H42O3P+. The van der Waals surface area contributed by atoms with Gasteiger partial charge in [-0.2, -0.15) is 0 Å². The van der Waals surface area contributed by atoms with Gasteiger partial charge in [-0.3, -0.25) is 9.59 Å². The summed E-state index contributed by atoms with van der Waals surface area (Å²) in [5.41, 5.74) is 5.25. The van der Waals surface area contributed by atoms with E-state index in [0.29, 0.717) is 23.3 Å². The molecule has 2 aliphatic rings. The third kappa shape index (κ3) is 5.48. The van der Waals surface area contributed by atoms with Gasteiger partial charge in [0.05, 0.1) is 0 Å². The second-order valence-corrected chi connectivity index (χ2v) is 16.5. The van der Waals surface area contributed by atoms with E-state index in [-0.39, 0.29) is 28.9 Å². The molecule has 0 aliphatic heterocycles. The molecule has 4 aromatic rings. The van der Waals surface area contributed by atoms with Gasteiger partial charge in [0.25, 0.3) is 0 Å². The fourth-order valence-corrected chi connectivity index (χ4v) is 11.7. The summed E-state index contributed by atoms with van der Waals surface area (Å²) in [6.07, 6.45) is 5.16. The van der Waals surface area contributed by atoms with Crippen molar-refractivity contribution >= 4 is 34.7 Å². The number of allylic oxidation sites excluding steroid dienone is 2. The standard InChI is InChI=1S/C40H42O3P/c1-27-14-20-32(21-15-27)44(33-22-16-28(2)17-23-33,34-24-18-29(3)19-25-34)30(4)26-43-40-37(31-10-6-5-7-11-31)38(41)35-12-8-9-13-36(35)39(40)42/h8-9,12-25,30-31H,5-7,10-11,26H2,1-4H3/q+1. The first-order valence-corrected chi connectivity index (χ1v) is 17.8. The summed E-state index contributed by atoms with van der Waals surface area (Å²) < 4.78 is 6.73. The molecule has 44 heavy (non-hydrogen) atoms. The molecule has 6 rings (SSSR count). The van der Waals surface area contributed by atoms with E-state index in [0.717, 1.165) is 25.7 Å². The normalized spacial score (nSPS) is 16.5. The highest BCUT2D eigenvalue weighted by Crippen LogP contribution is 2.60. The molecule has 1 saturated carbocycles. The molecular weight excluding hydrogens is 559 g/mol. The average molecular weight is 602 g/mol. The van der Waals surface area contributed by atoms with E-state index in [9.17, 15) is 9.59 Å². The van der Waals surface area contributed by atoms with Crippen molar-refractivity contribution in [2.45, 2.75) is 65.5 Å². The maximum absolute atomic E-state index is 14.1. The van der Waals surface area contributed by atoms with E-state index < -0.39 is 7.26 Å². The van der Waals surface area contributed by atoms with Gasteiger partial charge in [0.15, 0.2) is 11.5 Å². The third-order valence-electron chi connectivity index (χ3n) is 9.58. The zero-order valence-corrected chi connectivity index (χ0v) is 27.2. The first kappa shape index (κ1) is 30.2. The Morgan fingerprint density at radius 3 is 1.52 bits per heavy atom. The molecule has 1 atom stereocenters. The molecule has 1 fully saturated rings. The lowest BCUT2D eigenvalue weighted by Crippen LogP contribution is -2.40. The highest BCUT2D eigenvalue weighted by atomic mass is 31.2. The number of benzene rings is 4. The molecule has 0 N–H and O–H groups in total. The van der Waals surface area contributed by atoms with Gasteiger partial charge in [-0.1, -0.05) is 96.6 Å². The second kappa shape index (κ2) is 12.7. The highest BCUT2D eigenvalue weighted by Gasteiger charge is 2.51. The van der Waals surface area contributed by atoms with Crippen LogP contribution in [0.5, 0.6) is 0 Å². The topological polar surface area (TPSA) is 43.4 Å². The number of fused-ring (bicyclic) bond motifs is 1. The van der Waals surface area contributed by atoms with Crippen LogP contribution in [0.25, 0.3) is 0 Å². The number of carbonyl (C=O) groups excluding carboxylic acids is 2. The van der Waals surface area contributed by atoms with Crippen LogP contribution in [0.15, 0.2) is 108 Å². The SMILES string of the molecule is Cc1ccc([P+](c2ccc(C)cc2)(c2ccc(C)cc2)C(C)COC2=C(C3CCCCC3)C(=O)c3ccccc3C2=O)cc1. The highest BCUT2D eigenvalue weighted by molar-refractivity contribution is 7.96. The molecule has 3 nitrogen and oxygen atoms in total. The van der Waals surface area contributed by atoms with Crippen LogP contribution < -0.4 is 15.9 Å². The Morgan fingerprint density at radius 2 is 1.07 bits per heavy atom. The lowest BCUT2D eigenvalue weighted by molar-refractivity contribution is 0.0857. The van der Waals surface area contributed by atoms with Crippen molar-refractivity contribution in [2.75, 3.05) is 6.61 Å². The summed E-state index contributed by atoms with van der Waals surface area (Å²) >= 11 is 0. The van der Waals surface area contributed by atoms with Crippen molar-refractivity contribution in [1.29, 1.82) is 0 Å². The van der Waals surface area contributed by atoms with Crippen molar-refractivity contribution in [3.8, 4) is 0 Å². The van der Waals surface area contributed by atoms with Gasteiger partial charge in [0, 0.05) is 16.7 Å². The summed E-state index contributed by atoms with van der Waals surface area (Å²) in [7, 11) is -2.27. The van der Waals surface area contributed by atoms with Crippen LogP contribution in [0.4, 0.5) is 0 Å². The van der Waals surface area contributed by atoms with Crippen molar-refractivity contribution in [2.24, 2.45) is 5.92 Å². The predicted octanol–water partition coefficient (Wildman–Crippen LogP) is 8.22. The Labute approximate surface area is 262 Å². The zero-order valence-electron chi connectivity index (χ0n) is 26.3. The van der Waals surface area contributed by atoms with Gasteiger partial charge in [-0.25, -0.2) is 0 Å². The Balaban J connectivity index is 1.48. The predicted molar refractivity (Wildman–Crippen MR) is 183 cm³/mol. The lowest BCUT2D eigenvalue weighted by atomic mass is 9.76. The van der Waals surface area contributed by atoms with Crippen molar-refractivity contribution in [3.63, 3.8) is 0 Å². The van der Waals surface area contributed by atoms with E-state index >= 15 is 0 Å². The van der Waals surface area contributed by atoms with Crippen molar-refractivity contribution < 1.29 is 14.3 Å². The zero-order chi connectivity index (χ0) is 30.8. The van der Waals surface area contributed by atoms with Gasteiger partial charge in [0.1, 0.15) is 35.4 Å². The van der Waals surface area contributed by atoms with Crippen molar-refractivity contribution in [3.05, 3.63) is 136 Å². The fourth-order valence-electron chi connectivity index (χ4n) is 7.14. The quantitative estimate of drug-likeness (QED) is 0.191. The van der Waals surface area contributed by atoms with E-state index in [4.69, 9.17) is 4.74 Å². The van der Waals surface area contributed by atoms with E-state index in [2.05, 4.69) is 100 Å². The number of ketones is 2. The summed E-state index contributed by atoms with van der Waals surface area (Å²) in [4.78, 5) is 28.1. The van der Waals surface area contributed by atoms with E-state index in [1.54, 1.807) is 12.1 Å². The number of aryl methyl sites for hydroxylation is 3. The van der Waals surface area contributed by atoms with E-state index in [1.807, 2.05) is 12.1 Å². The summed E-state index contributed by atoms with van der Waals surface area (Å²) in [5.74, 6) is 0.149. The number of carbonyl (C=O) groups is 2. The van der Waals surface area contributed by atoms with Crippen LogP contribution in [0.1, 0.15) is 76.4 Å². The summed E-state index contributed by atoms with van der Waals surface area (Å²) in [6.45, 7) is 8.96. The largest absolute Gasteiger partial charge is 0.485 e. The molecule has 4 heteroatoms. The number of hydrogen-bond acceptors (Lipinski definition) is 3. The fraction of sp³-hybridized carbons (Fsp3) is 0.300. The van der Waals surface area contributed by atoms with Gasteiger partial charge in [-0.15, -0.1) is 0 Å². The van der Waals surface area contributed by atoms with Crippen LogP contribution in [0, 0.1) is 26.7 Å². The van der Waals surface area contributed by atoms with Crippen LogP contribution in [0.2, 0.25) is 0 Å². The number of ether oxygens (including phenoxy) is 1. The second-order valence-electron chi connectivity index (χ2n) is 12.7. The van der Waals surface area contributed by atoms with Gasteiger partial charge in [0.2, 0.25) is 5.78 Å². The Bertz CT molecular complexity index is 1580. The van der Waals surface area contributed by atoms with E-state index in [1.165, 1.54) is 39.0 Å². The minimum atomic E-state index is -2.27. The van der Waals surface area contributed by atoms with Crippen LogP contribution in [-0.2, 0) is 4.74 Å².